The quantitative estimate of drug-likeness (QED) is 0.607. The minimum absolute atomic E-state index is 0.0319. The summed E-state index contributed by atoms with van der Waals surface area (Å²) >= 11 is 0. The first-order valence-electron chi connectivity index (χ1n) is 3.96. The van der Waals surface area contributed by atoms with E-state index >= 15 is 0 Å². The molecular formula is C9H13NO3. The highest BCUT2D eigenvalue weighted by Crippen LogP contribution is 2.09. The molecule has 0 aromatic rings. The van der Waals surface area contributed by atoms with Crippen molar-refractivity contribution in [3.63, 3.8) is 0 Å². The molecule has 0 saturated heterocycles. The summed E-state index contributed by atoms with van der Waals surface area (Å²) in [7, 11) is 0. The van der Waals surface area contributed by atoms with Crippen LogP contribution in [0, 0.1) is 24.2 Å². The molecule has 0 spiro atoms. The Kier molecular flexibility index (Phi) is 4.60. The summed E-state index contributed by atoms with van der Waals surface area (Å²) in [5.41, 5.74) is 0. The van der Waals surface area contributed by atoms with Gasteiger partial charge in [0.25, 0.3) is 5.91 Å². The molecule has 1 amide bonds. The maximum absolute atomic E-state index is 10.6. The topological polar surface area (TPSA) is 66.4 Å². The number of rotatable bonds is 4. The second-order valence-electron chi connectivity index (χ2n) is 3.04. The van der Waals surface area contributed by atoms with Crippen molar-refractivity contribution >= 4 is 11.9 Å². The number of carboxylic acids is 1. The molecule has 1 unspecified atom stereocenters. The van der Waals surface area contributed by atoms with E-state index in [1.54, 1.807) is 13.8 Å². The van der Waals surface area contributed by atoms with Crippen LogP contribution < -0.4 is 5.32 Å². The van der Waals surface area contributed by atoms with Crippen LogP contribution in [0.4, 0.5) is 0 Å². The zero-order valence-electron chi connectivity index (χ0n) is 7.70. The Morgan fingerprint density at radius 1 is 1.54 bits per heavy atom. The maximum atomic E-state index is 10.6. The van der Waals surface area contributed by atoms with Gasteiger partial charge in [-0.15, -0.1) is 6.42 Å². The highest BCUT2D eigenvalue weighted by molar-refractivity contribution is 5.93. The molecule has 0 aliphatic rings. The van der Waals surface area contributed by atoms with Crippen LogP contribution in [0.2, 0.25) is 0 Å². The molecule has 0 fully saturated rings. The SMILES string of the molecule is C#CC(=O)NCC(C(=O)O)C(C)C. The smallest absolute Gasteiger partial charge is 0.308 e. The van der Waals surface area contributed by atoms with Crippen LogP contribution in [-0.2, 0) is 9.59 Å². The number of aliphatic carboxylic acids is 1. The van der Waals surface area contributed by atoms with Crippen LogP contribution in [0.5, 0.6) is 0 Å². The number of carboxylic acid groups (broad SMARTS) is 1. The third kappa shape index (κ3) is 4.16. The normalized spacial score (nSPS) is 11.8. The third-order valence-corrected chi connectivity index (χ3v) is 1.74. The van der Waals surface area contributed by atoms with E-state index in [4.69, 9.17) is 11.5 Å². The lowest BCUT2D eigenvalue weighted by Gasteiger charge is -2.15. The molecule has 4 nitrogen and oxygen atoms in total. The van der Waals surface area contributed by atoms with E-state index < -0.39 is 17.8 Å². The van der Waals surface area contributed by atoms with E-state index in [0.717, 1.165) is 0 Å². The first kappa shape index (κ1) is 11.5. The number of nitrogens with one attached hydrogen (secondary N) is 1. The Balaban J connectivity index is 4.07. The van der Waals surface area contributed by atoms with Gasteiger partial charge in [-0.2, -0.15) is 0 Å². The van der Waals surface area contributed by atoms with Crippen LogP contribution >= 0.6 is 0 Å². The number of hydrogen-bond donors (Lipinski definition) is 2. The fourth-order valence-corrected chi connectivity index (χ4v) is 0.862. The fraction of sp³-hybridized carbons (Fsp3) is 0.556. The second-order valence-corrected chi connectivity index (χ2v) is 3.04. The first-order chi connectivity index (χ1) is 5.99. The summed E-state index contributed by atoms with van der Waals surface area (Å²) in [5, 5.41) is 11.1. The Hall–Kier alpha value is -1.50. The van der Waals surface area contributed by atoms with Crippen molar-refractivity contribution < 1.29 is 14.7 Å². The van der Waals surface area contributed by atoms with Crippen LogP contribution in [-0.4, -0.2) is 23.5 Å². The Morgan fingerprint density at radius 2 is 2.08 bits per heavy atom. The summed E-state index contributed by atoms with van der Waals surface area (Å²) in [6.45, 7) is 3.64. The average molecular weight is 183 g/mol. The van der Waals surface area contributed by atoms with Gasteiger partial charge in [0, 0.05) is 6.54 Å². The van der Waals surface area contributed by atoms with Crippen LogP contribution in [0.25, 0.3) is 0 Å². The molecule has 0 aliphatic heterocycles. The molecule has 0 saturated carbocycles. The summed E-state index contributed by atoms with van der Waals surface area (Å²) < 4.78 is 0. The van der Waals surface area contributed by atoms with E-state index in [1.807, 2.05) is 5.92 Å². The molecule has 0 radical (unpaired) electrons. The van der Waals surface area contributed by atoms with Crippen molar-refractivity contribution in [2.45, 2.75) is 13.8 Å². The van der Waals surface area contributed by atoms with Crippen LogP contribution in [0.1, 0.15) is 13.8 Å². The van der Waals surface area contributed by atoms with Gasteiger partial charge < -0.3 is 10.4 Å². The molecule has 0 aromatic heterocycles. The molecule has 0 rings (SSSR count). The van der Waals surface area contributed by atoms with Gasteiger partial charge in [0.15, 0.2) is 0 Å². The van der Waals surface area contributed by atoms with E-state index in [2.05, 4.69) is 5.32 Å². The zero-order chi connectivity index (χ0) is 10.4. The minimum atomic E-state index is -0.924. The van der Waals surface area contributed by atoms with Crippen molar-refractivity contribution in [1.29, 1.82) is 0 Å². The number of carbonyl (C=O) groups excluding carboxylic acids is 1. The maximum Gasteiger partial charge on any atom is 0.308 e. The predicted molar refractivity (Wildman–Crippen MR) is 47.8 cm³/mol. The van der Waals surface area contributed by atoms with Gasteiger partial charge in [-0.25, -0.2) is 0 Å². The highest BCUT2D eigenvalue weighted by Gasteiger charge is 2.21. The lowest BCUT2D eigenvalue weighted by atomic mass is 9.96. The number of terminal acetylenes is 1. The van der Waals surface area contributed by atoms with E-state index in [9.17, 15) is 9.59 Å². The van der Waals surface area contributed by atoms with E-state index in [1.165, 1.54) is 0 Å². The Morgan fingerprint density at radius 3 is 2.38 bits per heavy atom. The van der Waals surface area contributed by atoms with Gasteiger partial charge in [-0.3, -0.25) is 9.59 Å². The van der Waals surface area contributed by atoms with Gasteiger partial charge in [0.1, 0.15) is 0 Å². The lowest BCUT2D eigenvalue weighted by Crippen LogP contribution is -2.34. The van der Waals surface area contributed by atoms with E-state index in [-0.39, 0.29) is 12.5 Å². The molecule has 4 heteroatoms. The highest BCUT2D eigenvalue weighted by atomic mass is 16.4. The van der Waals surface area contributed by atoms with Crippen molar-refractivity contribution in [3.8, 4) is 12.3 Å². The molecule has 1 atom stereocenters. The number of carbonyl (C=O) groups is 2. The van der Waals surface area contributed by atoms with Gasteiger partial charge in [-0.1, -0.05) is 13.8 Å². The number of amides is 1. The van der Waals surface area contributed by atoms with Crippen LogP contribution in [0.15, 0.2) is 0 Å². The molecule has 2 N–H and O–H groups in total. The van der Waals surface area contributed by atoms with Crippen molar-refractivity contribution in [2.75, 3.05) is 6.54 Å². The third-order valence-electron chi connectivity index (χ3n) is 1.74. The molecule has 0 heterocycles. The zero-order valence-corrected chi connectivity index (χ0v) is 7.70. The summed E-state index contributed by atoms with van der Waals surface area (Å²) in [4.78, 5) is 21.3. The summed E-state index contributed by atoms with van der Waals surface area (Å²) in [5.74, 6) is -0.263. The van der Waals surface area contributed by atoms with Crippen LogP contribution in [0.3, 0.4) is 0 Å². The van der Waals surface area contributed by atoms with Crippen molar-refractivity contribution in [1.82, 2.24) is 5.32 Å². The van der Waals surface area contributed by atoms with Crippen molar-refractivity contribution in [2.24, 2.45) is 11.8 Å². The minimum Gasteiger partial charge on any atom is -0.481 e. The molecular weight excluding hydrogens is 170 g/mol. The standard InChI is InChI=1S/C9H13NO3/c1-4-8(11)10-5-7(6(2)3)9(12)13/h1,6-7H,5H2,2-3H3,(H,10,11)(H,12,13). The van der Waals surface area contributed by atoms with Crippen molar-refractivity contribution in [3.05, 3.63) is 0 Å². The average Bonchev–Trinajstić information content (AvgIpc) is 2.03. The van der Waals surface area contributed by atoms with E-state index in [0.29, 0.717) is 0 Å². The first-order valence-corrected chi connectivity index (χ1v) is 3.96. The van der Waals surface area contributed by atoms with Gasteiger partial charge in [0.2, 0.25) is 0 Å². The molecule has 0 aromatic carbocycles. The van der Waals surface area contributed by atoms with Gasteiger partial charge in [-0.05, 0) is 11.8 Å². The Labute approximate surface area is 77.3 Å². The van der Waals surface area contributed by atoms with Gasteiger partial charge >= 0.3 is 5.97 Å². The second kappa shape index (κ2) is 5.20. The molecule has 13 heavy (non-hydrogen) atoms. The molecule has 72 valence electrons. The predicted octanol–water partition coefficient (Wildman–Crippen LogP) is 0.0926. The lowest BCUT2D eigenvalue weighted by molar-refractivity contribution is -0.143. The largest absolute Gasteiger partial charge is 0.481 e. The summed E-state index contributed by atoms with van der Waals surface area (Å²) in [6, 6.07) is 0. The fourth-order valence-electron chi connectivity index (χ4n) is 0.862. The monoisotopic (exact) mass is 183 g/mol. The Bertz CT molecular complexity index is 240. The molecule has 0 bridgehead atoms. The number of hydrogen-bond acceptors (Lipinski definition) is 2. The van der Waals surface area contributed by atoms with Gasteiger partial charge in [0.05, 0.1) is 5.92 Å². The summed E-state index contributed by atoms with van der Waals surface area (Å²) in [6.07, 6.45) is 4.80. The molecule has 0 aliphatic carbocycles.